The summed E-state index contributed by atoms with van der Waals surface area (Å²) in [5.74, 6) is 1.78. The fourth-order valence-electron chi connectivity index (χ4n) is 4.02. The van der Waals surface area contributed by atoms with Crippen LogP contribution >= 0.6 is 0 Å². The third-order valence-corrected chi connectivity index (χ3v) is 5.40. The maximum Gasteiger partial charge on any atom is 0.219 e. The van der Waals surface area contributed by atoms with E-state index in [1.54, 1.807) is 6.92 Å². The molecule has 0 bridgehead atoms. The van der Waals surface area contributed by atoms with Crippen LogP contribution in [0.1, 0.15) is 51.7 Å². The predicted molar refractivity (Wildman–Crippen MR) is 96.1 cm³/mol. The minimum Gasteiger partial charge on any atom is -0.487 e. The van der Waals surface area contributed by atoms with Crippen molar-refractivity contribution < 1.29 is 9.53 Å². The molecule has 132 valence electrons. The first-order valence-corrected chi connectivity index (χ1v) is 9.17. The van der Waals surface area contributed by atoms with Gasteiger partial charge in [0.1, 0.15) is 11.4 Å². The molecular weight excluding hydrogens is 300 g/mol. The van der Waals surface area contributed by atoms with Crippen molar-refractivity contribution in [2.24, 2.45) is 5.92 Å². The van der Waals surface area contributed by atoms with Crippen LogP contribution in [0.3, 0.4) is 0 Å². The first-order valence-electron chi connectivity index (χ1n) is 9.17. The Balaban J connectivity index is 1.59. The number of fused-ring (bicyclic) bond motifs is 1. The zero-order chi connectivity index (χ0) is 17.3. The van der Waals surface area contributed by atoms with Crippen LogP contribution in [0, 0.1) is 5.92 Å². The van der Waals surface area contributed by atoms with Gasteiger partial charge in [-0.1, -0.05) is 25.5 Å². The fraction of sp³-hybridized carbons (Fsp3) is 0.650. The van der Waals surface area contributed by atoms with E-state index < -0.39 is 0 Å². The quantitative estimate of drug-likeness (QED) is 0.922. The molecule has 0 saturated carbocycles. The number of ether oxygens (including phenoxy) is 1. The lowest BCUT2D eigenvalue weighted by molar-refractivity contribution is -0.131. The molecule has 1 aromatic rings. The summed E-state index contributed by atoms with van der Waals surface area (Å²) in [7, 11) is 0. The standard InChI is InChI=1S/C20H30N2O2/c1-5-16-13-22(14(2)23)9-8-18(16)21-12-15-6-7-19-17(10-15)11-20(3,4)24-19/h6-7,10,16,18,21H,5,8-9,11-13H2,1-4H3/t16-,18+/m1/s1. The highest BCUT2D eigenvalue weighted by molar-refractivity contribution is 5.73. The van der Waals surface area contributed by atoms with E-state index in [0.717, 1.165) is 44.6 Å². The van der Waals surface area contributed by atoms with Gasteiger partial charge >= 0.3 is 0 Å². The predicted octanol–water partition coefficient (Wildman–Crippen LogP) is 3.14. The Kier molecular flexibility index (Phi) is 4.86. The zero-order valence-electron chi connectivity index (χ0n) is 15.4. The van der Waals surface area contributed by atoms with Crippen LogP contribution < -0.4 is 10.1 Å². The van der Waals surface area contributed by atoms with E-state index in [9.17, 15) is 4.79 Å². The monoisotopic (exact) mass is 330 g/mol. The Labute approximate surface area is 145 Å². The van der Waals surface area contributed by atoms with Crippen LogP contribution in [0.15, 0.2) is 18.2 Å². The largest absolute Gasteiger partial charge is 0.487 e. The number of hydrogen-bond acceptors (Lipinski definition) is 3. The minimum absolute atomic E-state index is 0.0821. The highest BCUT2D eigenvalue weighted by Gasteiger charge is 2.31. The smallest absolute Gasteiger partial charge is 0.219 e. The maximum absolute atomic E-state index is 11.6. The van der Waals surface area contributed by atoms with Crippen LogP contribution in [0.2, 0.25) is 0 Å². The Morgan fingerprint density at radius 2 is 2.21 bits per heavy atom. The molecule has 0 aromatic heterocycles. The number of piperidine rings is 1. The zero-order valence-corrected chi connectivity index (χ0v) is 15.4. The third-order valence-electron chi connectivity index (χ3n) is 5.40. The first-order chi connectivity index (χ1) is 11.4. The van der Waals surface area contributed by atoms with E-state index in [1.807, 2.05) is 4.90 Å². The fourth-order valence-corrected chi connectivity index (χ4v) is 4.02. The van der Waals surface area contributed by atoms with Crippen molar-refractivity contribution in [3.05, 3.63) is 29.3 Å². The Bertz CT molecular complexity index is 612. The number of hydrogen-bond donors (Lipinski definition) is 1. The van der Waals surface area contributed by atoms with Crippen molar-refractivity contribution >= 4 is 5.91 Å². The molecule has 0 radical (unpaired) electrons. The van der Waals surface area contributed by atoms with Crippen molar-refractivity contribution in [2.75, 3.05) is 13.1 Å². The topological polar surface area (TPSA) is 41.6 Å². The maximum atomic E-state index is 11.6. The van der Waals surface area contributed by atoms with Crippen LogP contribution in [-0.2, 0) is 17.8 Å². The molecule has 2 aliphatic rings. The van der Waals surface area contributed by atoms with Crippen molar-refractivity contribution in [3.8, 4) is 5.75 Å². The summed E-state index contributed by atoms with van der Waals surface area (Å²) in [6, 6.07) is 7.05. The van der Waals surface area contributed by atoms with Gasteiger partial charge in [-0.15, -0.1) is 0 Å². The van der Waals surface area contributed by atoms with Gasteiger partial charge in [0.25, 0.3) is 0 Å². The molecule has 2 atom stereocenters. The van der Waals surface area contributed by atoms with Gasteiger partial charge in [-0.3, -0.25) is 4.79 Å². The molecule has 1 N–H and O–H groups in total. The summed E-state index contributed by atoms with van der Waals surface area (Å²) in [4.78, 5) is 13.6. The second-order valence-corrected chi connectivity index (χ2v) is 7.89. The molecule has 2 heterocycles. The molecular formula is C20H30N2O2. The number of rotatable bonds is 4. The van der Waals surface area contributed by atoms with E-state index in [2.05, 4.69) is 44.3 Å². The van der Waals surface area contributed by atoms with Gasteiger partial charge in [-0.05, 0) is 43.4 Å². The van der Waals surface area contributed by atoms with Gasteiger partial charge in [0.15, 0.2) is 0 Å². The van der Waals surface area contributed by atoms with E-state index in [0.29, 0.717) is 12.0 Å². The SMILES string of the molecule is CC[C@@H]1CN(C(C)=O)CC[C@@H]1NCc1ccc2c(c1)CC(C)(C)O2. The third kappa shape index (κ3) is 3.75. The average molecular weight is 330 g/mol. The molecule has 1 aromatic carbocycles. The lowest BCUT2D eigenvalue weighted by atomic mass is 9.89. The Morgan fingerprint density at radius 3 is 2.92 bits per heavy atom. The molecule has 4 nitrogen and oxygen atoms in total. The van der Waals surface area contributed by atoms with Crippen LogP contribution in [0.25, 0.3) is 0 Å². The number of nitrogens with zero attached hydrogens (tertiary/aromatic N) is 1. The van der Waals surface area contributed by atoms with Gasteiger partial charge in [-0.25, -0.2) is 0 Å². The normalized spacial score (nSPS) is 25.2. The summed E-state index contributed by atoms with van der Waals surface area (Å²) in [5, 5.41) is 3.73. The summed E-state index contributed by atoms with van der Waals surface area (Å²) in [6.07, 6.45) is 3.12. The minimum atomic E-state index is -0.0821. The molecule has 0 unspecified atom stereocenters. The molecule has 3 rings (SSSR count). The van der Waals surface area contributed by atoms with Gasteiger partial charge in [0.2, 0.25) is 5.91 Å². The number of carbonyl (C=O) groups excluding carboxylic acids is 1. The van der Waals surface area contributed by atoms with E-state index in [4.69, 9.17) is 4.74 Å². The summed E-state index contributed by atoms with van der Waals surface area (Å²) < 4.78 is 5.95. The lowest BCUT2D eigenvalue weighted by Crippen LogP contribution is -2.50. The highest BCUT2D eigenvalue weighted by atomic mass is 16.5. The second kappa shape index (κ2) is 6.75. The van der Waals surface area contributed by atoms with Gasteiger partial charge in [0.05, 0.1) is 0 Å². The number of carbonyl (C=O) groups is 1. The Morgan fingerprint density at radius 1 is 1.42 bits per heavy atom. The first kappa shape index (κ1) is 17.3. The Hall–Kier alpha value is -1.55. The second-order valence-electron chi connectivity index (χ2n) is 7.89. The molecule has 4 heteroatoms. The van der Waals surface area contributed by atoms with Gasteiger partial charge in [-0.2, -0.15) is 0 Å². The van der Waals surface area contributed by atoms with Crippen molar-refractivity contribution in [1.29, 1.82) is 0 Å². The molecule has 0 aliphatic carbocycles. The van der Waals surface area contributed by atoms with Gasteiger partial charge < -0.3 is 15.0 Å². The summed E-state index contributed by atoms with van der Waals surface area (Å²) >= 11 is 0. The summed E-state index contributed by atoms with van der Waals surface area (Å²) in [5.41, 5.74) is 2.55. The molecule has 2 aliphatic heterocycles. The van der Waals surface area contributed by atoms with E-state index in [-0.39, 0.29) is 11.5 Å². The van der Waals surface area contributed by atoms with Crippen LogP contribution in [-0.4, -0.2) is 35.5 Å². The van der Waals surface area contributed by atoms with Crippen LogP contribution in [0.5, 0.6) is 5.75 Å². The summed E-state index contributed by atoms with van der Waals surface area (Å²) in [6.45, 7) is 10.8. The molecule has 24 heavy (non-hydrogen) atoms. The molecule has 1 amide bonds. The van der Waals surface area contributed by atoms with Crippen molar-refractivity contribution in [1.82, 2.24) is 10.2 Å². The van der Waals surface area contributed by atoms with Crippen molar-refractivity contribution in [2.45, 2.75) is 65.1 Å². The molecule has 0 spiro atoms. The van der Waals surface area contributed by atoms with Crippen molar-refractivity contribution in [3.63, 3.8) is 0 Å². The molecule has 1 fully saturated rings. The number of amides is 1. The van der Waals surface area contributed by atoms with E-state index in [1.165, 1.54) is 11.1 Å². The number of likely N-dealkylation sites (tertiary alicyclic amines) is 1. The number of benzene rings is 1. The average Bonchev–Trinajstić information content (AvgIpc) is 2.85. The van der Waals surface area contributed by atoms with E-state index >= 15 is 0 Å². The van der Waals surface area contributed by atoms with Gasteiger partial charge in [0, 0.05) is 39.0 Å². The number of nitrogens with one attached hydrogen (secondary N) is 1. The lowest BCUT2D eigenvalue weighted by Gasteiger charge is -2.38. The highest BCUT2D eigenvalue weighted by Crippen LogP contribution is 2.35. The van der Waals surface area contributed by atoms with Crippen LogP contribution in [0.4, 0.5) is 0 Å². The molecule has 1 saturated heterocycles.